The largest absolute Gasteiger partial charge is 0.726 e. The van der Waals surface area contributed by atoms with Gasteiger partial charge in [0.2, 0.25) is 20.8 Å². The summed E-state index contributed by atoms with van der Waals surface area (Å²) in [4.78, 5) is 0. The van der Waals surface area contributed by atoms with Crippen LogP contribution < -0.4 is 0 Å². The summed E-state index contributed by atoms with van der Waals surface area (Å²) in [5.41, 5.74) is 0. The molecule has 0 saturated carbocycles. The van der Waals surface area contributed by atoms with Crippen molar-refractivity contribution in [3.05, 3.63) is 0 Å². The Morgan fingerprint density at radius 2 is 1.43 bits per heavy atom. The summed E-state index contributed by atoms with van der Waals surface area (Å²) in [6.45, 7) is -0.735. The van der Waals surface area contributed by atoms with Gasteiger partial charge in [0.25, 0.3) is 0 Å². The predicted octanol–water partition coefficient (Wildman–Crippen LogP) is -2.29. The smallest absolute Gasteiger partial charge is 0.218 e. The van der Waals surface area contributed by atoms with Gasteiger partial charge in [-0.15, -0.1) is 0 Å². The molecule has 1 aliphatic heterocycles. The normalized spacial score (nSPS) is 32.8. The Balaban J connectivity index is 3.03. The highest BCUT2D eigenvalue weighted by atomic mass is 32.3. The zero-order valence-corrected chi connectivity index (χ0v) is 13.9. The zero-order valence-electron chi connectivity index (χ0n) is 12.3. The van der Waals surface area contributed by atoms with Crippen LogP contribution in [-0.2, 0) is 48.1 Å². The van der Waals surface area contributed by atoms with Crippen LogP contribution in [0.2, 0.25) is 0 Å². The van der Waals surface area contributed by atoms with Crippen molar-refractivity contribution >= 4 is 20.8 Å². The van der Waals surface area contributed by atoms with Gasteiger partial charge in [-0.25, -0.2) is 16.8 Å². The van der Waals surface area contributed by atoms with Gasteiger partial charge >= 0.3 is 0 Å². The number of ether oxygens (including phenoxy) is 4. The topological polar surface area (TPSA) is 170 Å². The average Bonchev–Trinajstić information content (AvgIpc) is 2.42. The van der Waals surface area contributed by atoms with Gasteiger partial charge in [0.05, 0.1) is 6.61 Å². The molecule has 0 bridgehead atoms. The van der Waals surface area contributed by atoms with E-state index in [1.54, 1.807) is 0 Å². The van der Waals surface area contributed by atoms with E-state index in [1.807, 2.05) is 0 Å². The molecule has 0 N–H and O–H groups in total. The van der Waals surface area contributed by atoms with E-state index in [9.17, 15) is 25.9 Å². The SMILES string of the molecule is COC1C(OS(=O)(=O)[O-])[C@@H](OC)O[C@@H](COS(=O)(=O)[O-])[C@H]1OC. The van der Waals surface area contributed by atoms with E-state index in [1.165, 1.54) is 14.2 Å². The Morgan fingerprint density at radius 1 is 0.870 bits per heavy atom. The Morgan fingerprint density at radius 3 is 1.83 bits per heavy atom. The van der Waals surface area contributed by atoms with Crippen molar-refractivity contribution in [2.75, 3.05) is 27.9 Å². The Hall–Kier alpha value is -0.420. The van der Waals surface area contributed by atoms with Gasteiger partial charge in [0.15, 0.2) is 12.4 Å². The third-order valence-corrected chi connectivity index (χ3v) is 3.86. The van der Waals surface area contributed by atoms with E-state index >= 15 is 0 Å². The summed E-state index contributed by atoms with van der Waals surface area (Å²) in [6, 6.07) is 0. The first-order valence-electron chi connectivity index (χ1n) is 6.00. The van der Waals surface area contributed by atoms with E-state index in [-0.39, 0.29) is 0 Å². The summed E-state index contributed by atoms with van der Waals surface area (Å²) in [7, 11) is -6.62. The van der Waals surface area contributed by atoms with Crippen molar-refractivity contribution in [2.45, 2.75) is 30.7 Å². The fourth-order valence-electron chi connectivity index (χ4n) is 2.15. The molecule has 12 nitrogen and oxygen atoms in total. The molecule has 0 aromatic rings. The van der Waals surface area contributed by atoms with Crippen LogP contribution in [0.25, 0.3) is 0 Å². The minimum atomic E-state index is -5.12. The molecule has 2 unspecified atom stereocenters. The molecule has 5 atom stereocenters. The summed E-state index contributed by atoms with van der Waals surface area (Å²) >= 11 is 0. The molecule has 1 heterocycles. The zero-order chi connectivity index (χ0) is 17.8. The molecular formula is C9H16O12S2-2. The van der Waals surface area contributed by atoms with Crippen LogP contribution in [0.3, 0.4) is 0 Å². The Labute approximate surface area is 133 Å². The second kappa shape index (κ2) is 8.11. The van der Waals surface area contributed by atoms with Crippen molar-refractivity contribution in [3.8, 4) is 0 Å². The molecule has 0 radical (unpaired) electrons. The molecule has 14 heteroatoms. The van der Waals surface area contributed by atoms with Crippen LogP contribution in [0.5, 0.6) is 0 Å². The molecule has 1 rings (SSSR count). The maximum atomic E-state index is 10.8. The molecule has 0 amide bonds. The van der Waals surface area contributed by atoms with Crippen molar-refractivity contribution < 1.29 is 53.3 Å². The minimum absolute atomic E-state index is 0.735. The molecule has 0 aromatic heterocycles. The van der Waals surface area contributed by atoms with Gasteiger partial charge in [0, 0.05) is 21.3 Å². The standard InChI is InChI=1S/C9H18O12S2/c1-16-6-5(4-19-22(10,11)12)20-9(18-3)8(7(6)17-2)21-23(13,14)15/h5-9H,4H2,1-3H3,(H,10,11,12)(H,13,14,15)/p-2/t5-,6+,7?,8?,9-/m0/s1. The predicted molar refractivity (Wildman–Crippen MR) is 67.5 cm³/mol. The van der Waals surface area contributed by atoms with Crippen molar-refractivity contribution in [2.24, 2.45) is 0 Å². The molecule has 1 fully saturated rings. The van der Waals surface area contributed by atoms with Crippen LogP contribution in [-0.4, -0.2) is 84.6 Å². The highest BCUT2D eigenvalue weighted by molar-refractivity contribution is 7.81. The minimum Gasteiger partial charge on any atom is -0.726 e. The van der Waals surface area contributed by atoms with Crippen molar-refractivity contribution in [3.63, 3.8) is 0 Å². The third-order valence-electron chi connectivity index (χ3n) is 2.97. The first-order valence-corrected chi connectivity index (χ1v) is 8.67. The van der Waals surface area contributed by atoms with E-state index in [0.29, 0.717) is 0 Å². The van der Waals surface area contributed by atoms with Crippen LogP contribution in [0.15, 0.2) is 0 Å². The van der Waals surface area contributed by atoms with Crippen LogP contribution >= 0.6 is 0 Å². The summed E-state index contributed by atoms with van der Waals surface area (Å²) in [5, 5.41) is 0. The molecule has 1 saturated heterocycles. The van der Waals surface area contributed by atoms with Gasteiger partial charge in [-0.05, 0) is 0 Å². The van der Waals surface area contributed by atoms with Gasteiger partial charge < -0.3 is 28.1 Å². The fraction of sp³-hybridized carbons (Fsp3) is 1.00. The number of hydrogen-bond acceptors (Lipinski definition) is 12. The quantitative estimate of drug-likeness (QED) is 0.326. The maximum Gasteiger partial charge on any atom is 0.218 e. The molecule has 1 aliphatic rings. The number of methoxy groups -OCH3 is 3. The second-order valence-corrected chi connectivity index (χ2v) is 6.40. The maximum absolute atomic E-state index is 10.8. The Kier molecular flexibility index (Phi) is 7.27. The summed E-state index contributed by atoms with van der Waals surface area (Å²) < 4.78 is 92.8. The van der Waals surface area contributed by atoms with Crippen LogP contribution in [0, 0.1) is 0 Å². The molecule has 0 spiro atoms. The van der Waals surface area contributed by atoms with Crippen molar-refractivity contribution in [1.29, 1.82) is 0 Å². The molecular weight excluding hydrogens is 364 g/mol. The van der Waals surface area contributed by atoms with E-state index in [2.05, 4.69) is 8.37 Å². The lowest BCUT2D eigenvalue weighted by molar-refractivity contribution is -0.295. The summed E-state index contributed by atoms with van der Waals surface area (Å²) in [5.74, 6) is 0. The highest BCUT2D eigenvalue weighted by Crippen LogP contribution is 2.29. The number of hydrogen-bond donors (Lipinski definition) is 0. The lowest BCUT2D eigenvalue weighted by Gasteiger charge is -2.44. The third kappa shape index (κ3) is 6.18. The van der Waals surface area contributed by atoms with E-state index in [4.69, 9.17) is 18.9 Å². The van der Waals surface area contributed by atoms with Crippen LogP contribution in [0.1, 0.15) is 0 Å². The van der Waals surface area contributed by atoms with Gasteiger partial charge in [0.1, 0.15) is 18.3 Å². The Bertz CT molecular complexity index is 571. The second-order valence-electron chi connectivity index (χ2n) is 4.34. The monoisotopic (exact) mass is 380 g/mol. The van der Waals surface area contributed by atoms with Gasteiger partial charge in [-0.2, -0.15) is 0 Å². The first-order chi connectivity index (χ1) is 10.5. The van der Waals surface area contributed by atoms with Crippen molar-refractivity contribution in [1.82, 2.24) is 0 Å². The lowest BCUT2D eigenvalue weighted by atomic mass is 9.99. The molecule has 23 heavy (non-hydrogen) atoms. The molecule has 138 valence electrons. The highest BCUT2D eigenvalue weighted by Gasteiger charge is 2.49. The first kappa shape index (κ1) is 20.6. The average molecular weight is 380 g/mol. The van der Waals surface area contributed by atoms with Crippen LogP contribution in [0.4, 0.5) is 0 Å². The lowest BCUT2D eigenvalue weighted by Crippen LogP contribution is -2.61. The van der Waals surface area contributed by atoms with Gasteiger partial charge in [-0.1, -0.05) is 0 Å². The van der Waals surface area contributed by atoms with E-state index < -0.39 is 58.1 Å². The molecule has 0 aromatic carbocycles. The summed E-state index contributed by atoms with van der Waals surface area (Å²) in [6.07, 6.45) is -6.41. The fourth-order valence-corrected chi connectivity index (χ4v) is 2.92. The van der Waals surface area contributed by atoms with Gasteiger partial charge in [-0.3, -0.25) is 8.37 Å². The van der Waals surface area contributed by atoms with E-state index in [0.717, 1.165) is 7.11 Å². The number of rotatable bonds is 8. The molecule has 0 aliphatic carbocycles.